The first kappa shape index (κ1) is 35.2. The smallest absolute Gasteiger partial charge is 0.252 e. The quantitative estimate of drug-likeness (QED) is 0.164. The van der Waals surface area contributed by atoms with Gasteiger partial charge >= 0.3 is 0 Å². The van der Waals surface area contributed by atoms with E-state index in [1.165, 1.54) is 137 Å². The minimum Gasteiger partial charge on any atom is -0.311 e. The average molecular weight is 864 g/mol. The van der Waals surface area contributed by atoms with Crippen molar-refractivity contribution < 1.29 is 0 Å². The molecule has 0 amide bonds. The molecule has 5 aliphatic rings. The van der Waals surface area contributed by atoms with Crippen molar-refractivity contribution in [3.05, 3.63) is 235 Å². The summed E-state index contributed by atoms with van der Waals surface area (Å²) >= 11 is 1.96. The van der Waals surface area contributed by atoms with Crippen molar-refractivity contribution >= 4 is 134 Å². The Labute approximate surface area is 391 Å². The molecule has 0 bridgehead atoms. The molecule has 0 unspecified atom stereocenters. The normalized spacial score (nSPS) is 14.9. The van der Waals surface area contributed by atoms with Gasteiger partial charge in [0, 0.05) is 70.6 Å². The van der Waals surface area contributed by atoms with Crippen LogP contribution in [0.3, 0.4) is 0 Å². The zero-order valence-corrected chi connectivity index (χ0v) is 36.9. The van der Waals surface area contributed by atoms with Crippen LogP contribution in [0.1, 0.15) is 22.3 Å². The van der Waals surface area contributed by atoms with Crippen LogP contribution in [0.15, 0.2) is 212 Å². The van der Waals surface area contributed by atoms with Crippen molar-refractivity contribution in [1.82, 2.24) is 4.57 Å². The Bertz CT molecular complexity index is 4160. The van der Waals surface area contributed by atoms with Crippen molar-refractivity contribution in [2.24, 2.45) is 0 Å². The van der Waals surface area contributed by atoms with Gasteiger partial charge in [0.25, 0.3) is 13.4 Å². The van der Waals surface area contributed by atoms with Crippen LogP contribution < -0.4 is 42.6 Å². The zero-order chi connectivity index (χ0) is 43.3. The number of fused-ring (bicyclic) bond motifs is 13. The van der Waals surface area contributed by atoms with Gasteiger partial charge in [0.1, 0.15) is 0 Å². The fourth-order valence-corrected chi connectivity index (χ4v) is 15.1. The molecule has 0 aliphatic carbocycles. The summed E-state index contributed by atoms with van der Waals surface area (Å²) in [4.78, 5) is 5.26. The minimum atomic E-state index is -0.581. The predicted octanol–water partition coefficient (Wildman–Crippen LogP) is 11.1. The first-order chi connectivity index (χ1) is 33.3. The standard InChI is InChI=1S/C61H35B2N3S/c1-4-18-36(19-5-1)61(37-20-6-2-7-21-37)42-26-11-13-31-48(42)65-51-35-50-54-59-55(51)63(46-30-17-27-43(61)57(46)65)47-34-41-39-24-10-15-33-52(39)67-60(41)53-40-25-16-29-45(56(40)66(59)58(47)53)62(54)44-28-12-14-32-49(44)64(50)38-22-8-3-9-23-38/h1-35H. The summed E-state index contributed by atoms with van der Waals surface area (Å²) in [5.41, 5.74) is 24.4. The third-order valence-electron chi connectivity index (χ3n) is 16.2. The van der Waals surface area contributed by atoms with E-state index < -0.39 is 5.41 Å². The molecule has 67 heavy (non-hydrogen) atoms. The summed E-state index contributed by atoms with van der Waals surface area (Å²) < 4.78 is 5.48. The second-order valence-electron chi connectivity index (χ2n) is 19.0. The van der Waals surface area contributed by atoms with Crippen molar-refractivity contribution in [2.45, 2.75) is 5.41 Å². The number of hydrogen-bond acceptors (Lipinski definition) is 3. The summed E-state index contributed by atoms with van der Waals surface area (Å²) in [6.07, 6.45) is 0. The third kappa shape index (κ3) is 4.00. The second-order valence-corrected chi connectivity index (χ2v) is 20.1. The molecular weight excluding hydrogens is 828 g/mol. The fourth-order valence-electron chi connectivity index (χ4n) is 13.9. The van der Waals surface area contributed by atoms with Crippen molar-refractivity contribution in [3.8, 4) is 5.69 Å². The first-order valence-electron chi connectivity index (χ1n) is 23.5. The molecule has 7 heterocycles. The number of benzene rings is 10. The molecule has 0 N–H and O–H groups in total. The number of nitrogens with zero attached hydrogens (tertiary/aromatic N) is 3. The first-order valence-corrected chi connectivity index (χ1v) is 24.3. The van der Waals surface area contributed by atoms with Crippen LogP contribution in [0.5, 0.6) is 0 Å². The highest BCUT2D eigenvalue weighted by Gasteiger charge is 2.54. The van der Waals surface area contributed by atoms with Gasteiger partial charge in [0.2, 0.25) is 0 Å². The minimum absolute atomic E-state index is 0.0251. The van der Waals surface area contributed by atoms with E-state index in [-0.39, 0.29) is 13.4 Å². The van der Waals surface area contributed by atoms with Crippen LogP contribution in [0, 0.1) is 0 Å². The molecule has 0 saturated carbocycles. The van der Waals surface area contributed by atoms with Gasteiger partial charge in [-0.15, -0.1) is 11.3 Å². The van der Waals surface area contributed by atoms with Crippen molar-refractivity contribution in [2.75, 3.05) is 9.80 Å². The fraction of sp³-hybridized carbons (Fsp3) is 0.0164. The van der Waals surface area contributed by atoms with E-state index in [9.17, 15) is 0 Å². The lowest BCUT2D eigenvalue weighted by atomic mass is 9.29. The van der Waals surface area contributed by atoms with Gasteiger partial charge in [-0.2, -0.15) is 0 Å². The van der Waals surface area contributed by atoms with Crippen LogP contribution in [-0.2, 0) is 5.41 Å². The summed E-state index contributed by atoms with van der Waals surface area (Å²) in [5, 5.41) is 5.44. The molecule has 0 atom stereocenters. The predicted molar refractivity (Wildman–Crippen MR) is 284 cm³/mol. The molecule has 306 valence electrons. The topological polar surface area (TPSA) is 11.4 Å². The number of para-hydroxylation sites is 5. The van der Waals surface area contributed by atoms with Crippen LogP contribution in [0.2, 0.25) is 0 Å². The molecule has 0 radical (unpaired) electrons. The lowest BCUT2D eigenvalue weighted by molar-refractivity contribution is 0.732. The van der Waals surface area contributed by atoms with Crippen LogP contribution in [0.4, 0.5) is 34.1 Å². The lowest BCUT2D eigenvalue weighted by Crippen LogP contribution is -2.67. The largest absolute Gasteiger partial charge is 0.311 e. The Morgan fingerprint density at radius 2 is 0.985 bits per heavy atom. The molecule has 0 spiro atoms. The van der Waals surface area contributed by atoms with E-state index in [0.717, 1.165) is 0 Å². The molecule has 3 nitrogen and oxygen atoms in total. The van der Waals surface area contributed by atoms with E-state index in [4.69, 9.17) is 0 Å². The Morgan fingerprint density at radius 1 is 0.388 bits per heavy atom. The van der Waals surface area contributed by atoms with E-state index >= 15 is 0 Å². The Kier molecular flexibility index (Phi) is 6.43. The van der Waals surface area contributed by atoms with Gasteiger partial charge in [-0.1, -0.05) is 176 Å². The molecule has 5 aliphatic heterocycles. The highest BCUT2D eigenvalue weighted by Crippen LogP contribution is 2.59. The van der Waals surface area contributed by atoms with Crippen LogP contribution in [-0.4, -0.2) is 18.0 Å². The Balaban J connectivity index is 1.12. The molecule has 17 rings (SSSR count). The number of anilines is 6. The molecule has 0 saturated heterocycles. The lowest BCUT2D eigenvalue weighted by Gasteiger charge is -2.52. The van der Waals surface area contributed by atoms with Gasteiger partial charge in [-0.05, 0) is 91.4 Å². The molecule has 0 fully saturated rings. The summed E-state index contributed by atoms with van der Waals surface area (Å²) in [7, 11) is 0. The van der Waals surface area contributed by atoms with E-state index in [1.807, 2.05) is 11.3 Å². The van der Waals surface area contributed by atoms with Crippen LogP contribution in [0.25, 0.3) is 47.7 Å². The van der Waals surface area contributed by atoms with Crippen LogP contribution >= 0.6 is 11.3 Å². The number of rotatable bonds is 3. The summed E-state index contributed by atoms with van der Waals surface area (Å²) in [6, 6.07) is 80.9. The number of hydrogen-bond donors (Lipinski definition) is 0. The third-order valence-corrected chi connectivity index (χ3v) is 17.4. The average Bonchev–Trinajstić information content (AvgIpc) is 3.95. The van der Waals surface area contributed by atoms with E-state index in [2.05, 4.69) is 227 Å². The van der Waals surface area contributed by atoms with Gasteiger partial charge < -0.3 is 14.4 Å². The maximum absolute atomic E-state index is 2.75. The highest BCUT2D eigenvalue weighted by atomic mass is 32.1. The van der Waals surface area contributed by atoms with Gasteiger partial charge in [-0.3, -0.25) is 0 Å². The molecular formula is C61H35B2N3S. The summed E-state index contributed by atoms with van der Waals surface area (Å²) in [6.45, 7) is 0.0280. The molecule has 12 aromatic rings. The Morgan fingerprint density at radius 3 is 1.79 bits per heavy atom. The SMILES string of the molecule is c1ccc(N2c3ccccc3B3c4c2cc2c5c4-n4c6c3cccc6c3c6sc7ccccc7c6cc(c34)B5c3cccc4c3N2c2ccccc2C4(c2ccccc2)c2ccccc2)cc1. The van der Waals surface area contributed by atoms with Gasteiger partial charge in [0.15, 0.2) is 0 Å². The summed E-state index contributed by atoms with van der Waals surface area (Å²) in [5.74, 6) is 0. The zero-order valence-electron chi connectivity index (χ0n) is 36.1. The molecule has 6 heteroatoms. The number of aromatic nitrogens is 1. The van der Waals surface area contributed by atoms with E-state index in [0.29, 0.717) is 0 Å². The molecule has 2 aromatic heterocycles. The Hall–Kier alpha value is -8.05. The number of thiophene rings is 1. The van der Waals surface area contributed by atoms with Crippen molar-refractivity contribution in [3.63, 3.8) is 0 Å². The monoisotopic (exact) mass is 863 g/mol. The molecule has 10 aromatic carbocycles. The van der Waals surface area contributed by atoms with Crippen molar-refractivity contribution in [1.29, 1.82) is 0 Å². The maximum atomic E-state index is 2.75. The van der Waals surface area contributed by atoms with Gasteiger partial charge in [-0.25, -0.2) is 0 Å². The van der Waals surface area contributed by atoms with E-state index in [1.54, 1.807) is 0 Å². The maximum Gasteiger partial charge on any atom is 0.252 e. The van der Waals surface area contributed by atoms with Gasteiger partial charge in [0.05, 0.1) is 16.6 Å². The second kappa shape index (κ2) is 12.2. The highest BCUT2D eigenvalue weighted by molar-refractivity contribution is 7.27.